The number of rotatable bonds is 3. The van der Waals surface area contributed by atoms with Gasteiger partial charge in [-0.2, -0.15) is 12.6 Å². The molecule has 76 valence electrons. The van der Waals surface area contributed by atoms with E-state index in [9.17, 15) is 0 Å². The molecule has 0 saturated heterocycles. The zero-order valence-corrected chi connectivity index (χ0v) is 10.0. The topological polar surface area (TPSA) is 27.1 Å². The molecular formula is C10H14N2S2. The van der Waals surface area contributed by atoms with Crippen LogP contribution >= 0.6 is 24.4 Å². The van der Waals surface area contributed by atoms with Crippen LogP contribution in [0, 0.1) is 5.41 Å². The molecule has 0 saturated carbocycles. The number of anilines is 1. The highest BCUT2D eigenvalue weighted by Gasteiger charge is 2.01. The van der Waals surface area contributed by atoms with Gasteiger partial charge in [-0.3, -0.25) is 5.41 Å². The van der Waals surface area contributed by atoms with E-state index < -0.39 is 0 Å². The van der Waals surface area contributed by atoms with Crippen molar-refractivity contribution in [2.45, 2.75) is 0 Å². The van der Waals surface area contributed by atoms with Gasteiger partial charge >= 0.3 is 0 Å². The summed E-state index contributed by atoms with van der Waals surface area (Å²) in [5.74, 6) is 0. The molecule has 0 aliphatic rings. The van der Waals surface area contributed by atoms with Crippen molar-refractivity contribution < 1.29 is 0 Å². The van der Waals surface area contributed by atoms with E-state index in [0.717, 1.165) is 11.3 Å². The Kier molecular flexibility index (Phi) is 4.35. The van der Waals surface area contributed by atoms with Crippen LogP contribution < -0.4 is 4.90 Å². The molecule has 0 aromatic heterocycles. The van der Waals surface area contributed by atoms with E-state index in [1.807, 2.05) is 43.3 Å². The van der Waals surface area contributed by atoms with Crippen LogP contribution in [0.3, 0.4) is 0 Å². The van der Waals surface area contributed by atoms with Gasteiger partial charge in [-0.05, 0) is 12.1 Å². The van der Waals surface area contributed by atoms with Crippen LogP contribution in [0.5, 0.6) is 0 Å². The van der Waals surface area contributed by atoms with Gasteiger partial charge in [-0.25, -0.2) is 0 Å². The summed E-state index contributed by atoms with van der Waals surface area (Å²) in [6, 6.07) is 7.97. The van der Waals surface area contributed by atoms with Gasteiger partial charge in [-0.15, -0.1) is 0 Å². The van der Waals surface area contributed by atoms with Crippen LogP contribution in [0.15, 0.2) is 24.3 Å². The summed E-state index contributed by atoms with van der Waals surface area (Å²) < 4.78 is 0. The minimum atomic E-state index is 0.574. The van der Waals surface area contributed by atoms with Crippen molar-refractivity contribution in [3.05, 3.63) is 29.8 Å². The van der Waals surface area contributed by atoms with Crippen molar-refractivity contribution in [3.63, 3.8) is 0 Å². The Labute approximate surface area is 94.6 Å². The van der Waals surface area contributed by atoms with Crippen LogP contribution in [-0.2, 0) is 0 Å². The number of thiol groups is 1. The fourth-order valence-corrected chi connectivity index (χ4v) is 1.88. The fraction of sp³-hybridized carbons (Fsp3) is 0.300. The number of nitrogens with zero attached hydrogens (tertiary/aromatic N) is 1. The van der Waals surface area contributed by atoms with Gasteiger partial charge in [0.1, 0.15) is 0 Å². The lowest BCUT2D eigenvalue weighted by atomic mass is 10.2. The average molecular weight is 226 g/mol. The minimum absolute atomic E-state index is 0.574. The molecule has 0 radical (unpaired) electrons. The molecule has 1 N–H and O–H groups in total. The maximum absolute atomic E-state index is 7.71. The molecule has 0 bridgehead atoms. The van der Waals surface area contributed by atoms with Gasteiger partial charge in [0.25, 0.3) is 0 Å². The summed E-state index contributed by atoms with van der Waals surface area (Å²) in [6.45, 7) is 0. The molecular weight excluding hydrogens is 212 g/mol. The van der Waals surface area contributed by atoms with Gasteiger partial charge in [0.05, 0.1) is 5.04 Å². The summed E-state index contributed by atoms with van der Waals surface area (Å²) >= 11 is 5.51. The first-order chi connectivity index (χ1) is 6.65. The van der Waals surface area contributed by atoms with Gasteiger partial charge in [0.2, 0.25) is 0 Å². The maximum Gasteiger partial charge on any atom is 0.0950 e. The Morgan fingerprint density at radius 2 is 1.93 bits per heavy atom. The molecule has 1 aromatic carbocycles. The van der Waals surface area contributed by atoms with Crippen LogP contribution in [-0.4, -0.2) is 24.2 Å². The lowest BCUT2D eigenvalue weighted by Crippen LogP contribution is -2.08. The van der Waals surface area contributed by atoms with Crippen molar-refractivity contribution >= 4 is 35.1 Å². The summed E-state index contributed by atoms with van der Waals surface area (Å²) in [4.78, 5) is 2.04. The molecule has 1 rings (SSSR count). The zero-order chi connectivity index (χ0) is 10.6. The molecule has 0 unspecified atom stereocenters. The first-order valence-electron chi connectivity index (χ1n) is 4.25. The number of nitrogens with one attached hydrogen (secondary N) is 1. The third kappa shape index (κ3) is 2.96. The fourth-order valence-electron chi connectivity index (χ4n) is 1.06. The lowest BCUT2D eigenvalue weighted by molar-refractivity contribution is 1.13. The lowest BCUT2D eigenvalue weighted by Gasteiger charge is -2.12. The number of benzene rings is 1. The normalized spacial score (nSPS) is 9.93. The summed E-state index contributed by atoms with van der Waals surface area (Å²) in [5, 5.41) is 8.93. The number of hydrogen-bond donors (Lipinski definition) is 2. The largest absolute Gasteiger partial charge is 0.378 e. The first-order valence-corrected chi connectivity index (χ1v) is 5.87. The predicted octanol–water partition coefficient (Wildman–Crippen LogP) is 2.70. The van der Waals surface area contributed by atoms with Crippen molar-refractivity contribution in [1.29, 1.82) is 5.41 Å². The van der Waals surface area contributed by atoms with Crippen molar-refractivity contribution in [2.24, 2.45) is 0 Å². The Morgan fingerprint density at radius 3 is 2.36 bits per heavy atom. The Balaban J connectivity index is 2.78. The van der Waals surface area contributed by atoms with E-state index in [1.165, 1.54) is 11.8 Å². The highest BCUT2D eigenvalue weighted by atomic mass is 32.2. The molecule has 1 aromatic rings. The van der Waals surface area contributed by atoms with Gasteiger partial charge < -0.3 is 4.90 Å². The molecule has 0 aliphatic carbocycles. The van der Waals surface area contributed by atoms with Crippen LogP contribution in [0.25, 0.3) is 0 Å². The quantitative estimate of drug-likeness (QED) is 0.359. The van der Waals surface area contributed by atoms with E-state index in [4.69, 9.17) is 5.41 Å². The minimum Gasteiger partial charge on any atom is -0.378 e. The third-order valence-corrected chi connectivity index (χ3v) is 2.90. The highest BCUT2D eigenvalue weighted by molar-refractivity contribution is 8.20. The molecule has 14 heavy (non-hydrogen) atoms. The Morgan fingerprint density at radius 1 is 1.36 bits per heavy atom. The van der Waals surface area contributed by atoms with E-state index in [1.54, 1.807) is 0 Å². The predicted molar refractivity (Wildman–Crippen MR) is 69.0 cm³/mol. The highest BCUT2D eigenvalue weighted by Crippen LogP contribution is 2.17. The summed E-state index contributed by atoms with van der Waals surface area (Å²) in [6.07, 6.45) is 0. The second-order valence-electron chi connectivity index (χ2n) is 3.04. The van der Waals surface area contributed by atoms with E-state index >= 15 is 0 Å². The van der Waals surface area contributed by atoms with Gasteiger partial charge in [0, 0.05) is 30.4 Å². The molecule has 0 aliphatic heterocycles. The average Bonchev–Trinajstić information content (AvgIpc) is 2.18. The van der Waals surface area contributed by atoms with Crippen LogP contribution in [0.4, 0.5) is 5.69 Å². The van der Waals surface area contributed by atoms with Gasteiger partial charge in [-0.1, -0.05) is 23.9 Å². The van der Waals surface area contributed by atoms with E-state index in [0.29, 0.717) is 10.1 Å². The maximum atomic E-state index is 7.71. The smallest absolute Gasteiger partial charge is 0.0950 e. The monoisotopic (exact) mass is 226 g/mol. The van der Waals surface area contributed by atoms with E-state index in [2.05, 4.69) is 12.6 Å². The zero-order valence-electron chi connectivity index (χ0n) is 8.32. The van der Waals surface area contributed by atoms with Crippen LogP contribution in [0.1, 0.15) is 5.56 Å². The second-order valence-corrected chi connectivity index (χ2v) is 4.77. The molecule has 2 nitrogen and oxygen atoms in total. The van der Waals surface area contributed by atoms with Crippen molar-refractivity contribution in [2.75, 3.05) is 24.1 Å². The third-order valence-electron chi connectivity index (χ3n) is 1.85. The number of hydrogen-bond acceptors (Lipinski definition) is 4. The standard InChI is InChI=1S/C10H14N2S2/c1-12(2)9-5-3-8(4-6-9)10(11)14-7-13/h3-6,11,13H,7H2,1-2H3. The number of thioether (sulfide) groups is 1. The van der Waals surface area contributed by atoms with Crippen molar-refractivity contribution in [1.82, 2.24) is 0 Å². The summed E-state index contributed by atoms with van der Waals surface area (Å²) in [7, 11) is 4.01. The SMILES string of the molecule is CN(C)c1ccc(C(=N)SCS)cc1. The summed E-state index contributed by atoms with van der Waals surface area (Å²) in [5.41, 5.74) is 2.10. The molecule has 0 heterocycles. The molecule has 0 amide bonds. The van der Waals surface area contributed by atoms with Crippen molar-refractivity contribution in [3.8, 4) is 0 Å². The molecule has 0 fully saturated rings. The molecule has 0 atom stereocenters. The Hall–Kier alpha value is -0.610. The van der Waals surface area contributed by atoms with Crippen LogP contribution in [0.2, 0.25) is 0 Å². The molecule has 0 spiro atoms. The first kappa shape index (κ1) is 11.5. The van der Waals surface area contributed by atoms with E-state index in [-0.39, 0.29) is 0 Å². The van der Waals surface area contributed by atoms with Gasteiger partial charge in [0.15, 0.2) is 0 Å². The second kappa shape index (κ2) is 5.32. The molecule has 4 heteroatoms. The Bertz CT molecular complexity index is 306.